The van der Waals surface area contributed by atoms with Crippen LogP contribution in [0, 0.1) is 5.41 Å². The van der Waals surface area contributed by atoms with Crippen molar-refractivity contribution in [2.45, 2.75) is 39.7 Å². The van der Waals surface area contributed by atoms with Crippen molar-refractivity contribution in [1.82, 2.24) is 15.2 Å². The molecule has 7 nitrogen and oxygen atoms in total. The van der Waals surface area contributed by atoms with Crippen LogP contribution in [0.15, 0.2) is 5.38 Å². The summed E-state index contributed by atoms with van der Waals surface area (Å²) in [5.41, 5.74) is -0.789. The molecule has 23 heavy (non-hydrogen) atoms. The summed E-state index contributed by atoms with van der Waals surface area (Å²) in [5, 5.41) is 13.3. The van der Waals surface area contributed by atoms with Crippen LogP contribution < -0.4 is 5.32 Å². The van der Waals surface area contributed by atoms with Gasteiger partial charge in [-0.25, -0.2) is 4.98 Å². The summed E-state index contributed by atoms with van der Waals surface area (Å²) in [5.74, 6) is -1.61. The lowest BCUT2D eigenvalue weighted by atomic mass is 9.94. The molecule has 0 spiro atoms. The number of hydrogen-bond donors (Lipinski definition) is 2. The first kappa shape index (κ1) is 17.4. The largest absolute Gasteiger partial charge is 0.481 e. The summed E-state index contributed by atoms with van der Waals surface area (Å²) in [6.45, 7) is 5.76. The lowest BCUT2D eigenvalue weighted by Crippen LogP contribution is -2.39. The highest BCUT2D eigenvalue weighted by Gasteiger charge is 2.30. The minimum atomic E-state index is -1.06. The van der Waals surface area contributed by atoms with Crippen LogP contribution in [0.25, 0.3) is 0 Å². The number of thiazole rings is 1. The monoisotopic (exact) mass is 339 g/mol. The summed E-state index contributed by atoms with van der Waals surface area (Å²) in [4.78, 5) is 41.3. The first-order valence-corrected chi connectivity index (χ1v) is 8.38. The van der Waals surface area contributed by atoms with Crippen LogP contribution in [0.4, 0.5) is 0 Å². The van der Waals surface area contributed by atoms with E-state index in [9.17, 15) is 14.4 Å². The van der Waals surface area contributed by atoms with Crippen molar-refractivity contribution in [2.24, 2.45) is 5.41 Å². The van der Waals surface area contributed by atoms with Crippen molar-refractivity contribution in [3.05, 3.63) is 16.1 Å². The Kier molecular flexibility index (Phi) is 5.03. The molecule has 1 aliphatic heterocycles. The first-order valence-electron chi connectivity index (χ1n) is 7.50. The second kappa shape index (κ2) is 6.66. The summed E-state index contributed by atoms with van der Waals surface area (Å²) in [6, 6.07) is 0.192. The highest BCUT2D eigenvalue weighted by atomic mass is 32.1. The van der Waals surface area contributed by atoms with Crippen LogP contribution >= 0.6 is 11.3 Å². The van der Waals surface area contributed by atoms with Crippen molar-refractivity contribution in [3.63, 3.8) is 0 Å². The molecule has 0 aromatic carbocycles. The Balaban J connectivity index is 2.00. The summed E-state index contributed by atoms with van der Waals surface area (Å²) < 4.78 is 0. The number of amides is 2. The zero-order valence-electron chi connectivity index (χ0n) is 13.5. The number of aliphatic carboxylic acids is 1. The van der Waals surface area contributed by atoms with Gasteiger partial charge in [-0.05, 0) is 33.6 Å². The molecule has 1 unspecified atom stereocenters. The van der Waals surface area contributed by atoms with E-state index in [1.165, 1.54) is 13.8 Å². The van der Waals surface area contributed by atoms with E-state index in [0.717, 1.165) is 24.2 Å². The second-order valence-corrected chi connectivity index (χ2v) is 7.26. The average Bonchev–Trinajstić information content (AvgIpc) is 3.13. The first-order chi connectivity index (χ1) is 10.7. The van der Waals surface area contributed by atoms with E-state index >= 15 is 0 Å². The highest BCUT2D eigenvalue weighted by molar-refractivity contribution is 7.11. The van der Waals surface area contributed by atoms with Gasteiger partial charge in [-0.1, -0.05) is 0 Å². The van der Waals surface area contributed by atoms with Crippen LogP contribution in [0.1, 0.15) is 53.9 Å². The predicted octanol–water partition coefficient (Wildman–Crippen LogP) is 1.61. The second-order valence-electron chi connectivity index (χ2n) is 6.40. The molecular weight excluding hydrogens is 318 g/mol. The molecule has 0 saturated carbocycles. The molecule has 0 radical (unpaired) electrons. The number of likely N-dealkylation sites (tertiary alicyclic amines) is 1. The fourth-order valence-corrected chi connectivity index (χ4v) is 3.02. The molecule has 1 atom stereocenters. The molecule has 2 amide bonds. The highest BCUT2D eigenvalue weighted by Crippen LogP contribution is 2.21. The third-order valence-electron chi connectivity index (χ3n) is 4.00. The molecule has 2 heterocycles. The third-order valence-corrected chi connectivity index (χ3v) is 4.84. The van der Waals surface area contributed by atoms with E-state index < -0.39 is 17.3 Å². The molecule has 8 heteroatoms. The molecule has 126 valence electrons. The summed E-state index contributed by atoms with van der Waals surface area (Å²) >= 11 is 1.09. The van der Waals surface area contributed by atoms with Gasteiger partial charge in [-0.3, -0.25) is 14.4 Å². The number of nitrogens with zero attached hydrogens (tertiary/aromatic N) is 2. The van der Waals surface area contributed by atoms with Gasteiger partial charge in [-0.2, -0.15) is 0 Å². The van der Waals surface area contributed by atoms with Gasteiger partial charge in [0.1, 0.15) is 5.69 Å². The number of carboxylic acid groups (broad SMARTS) is 1. The fourth-order valence-electron chi connectivity index (χ4n) is 2.31. The average molecular weight is 339 g/mol. The maximum atomic E-state index is 12.4. The Hall–Kier alpha value is -1.96. The molecule has 2 rings (SSSR count). The van der Waals surface area contributed by atoms with Gasteiger partial charge in [0.2, 0.25) is 0 Å². The minimum Gasteiger partial charge on any atom is -0.481 e. The van der Waals surface area contributed by atoms with Crippen LogP contribution in [0.3, 0.4) is 0 Å². The molecule has 1 aromatic rings. The van der Waals surface area contributed by atoms with E-state index in [1.807, 2.05) is 6.92 Å². The normalized spacial score (nSPS) is 18.0. The molecule has 0 bridgehead atoms. The van der Waals surface area contributed by atoms with Gasteiger partial charge >= 0.3 is 5.97 Å². The van der Waals surface area contributed by atoms with Crippen LogP contribution in [0.5, 0.6) is 0 Å². The number of carbonyl (C=O) groups excluding carboxylic acids is 2. The summed E-state index contributed by atoms with van der Waals surface area (Å²) in [7, 11) is 0. The van der Waals surface area contributed by atoms with Crippen molar-refractivity contribution in [3.8, 4) is 0 Å². The van der Waals surface area contributed by atoms with Gasteiger partial charge in [0.15, 0.2) is 5.01 Å². The smallest absolute Gasteiger partial charge is 0.310 e. The van der Waals surface area contributed by atoms with Gasteiger partial charge in [0, 0.05) is 24.5 Å². The number of nitrogens with one attached hydrogen (secondary N) is 1. The molecule has 1 fully saturated rings. The van der Waals surface area contributed by atoms with Crippen LogP contribution in [-0.2, 0) is 4.79 Å². The Morgan fingerprint density at radius 2 is 2.17 bits per heavy atom. The zero-order valence-corrected chi connectivity index (χ0v) is 14.3. The fraction of sp³-hybridized carbons (Fsp3) is 0.600. The topological polar surface area (TPSA) is 99.6 Å². The predicted molar refractivity (Wildman–Crippen MR) is 85.6 cm³/mol. The van der Waals surface area contributed by atoms with Gasteiger partial charge < -0.3 is 15.3 Å². The maximum Gasteiger partial charge on any atom is 0.310 e. The van der Waals surface area contributed by atoms with Gasteiger partial charge in [-0.15, -0.1) is 11.3 Å². The van der Waals surface area contributed by atoms with Crippen molar-refractivity contribution in [2.75, 3.05) is 13.1 Å². The van der Waals surface area contributed by atoms with Crippen LogP contribution in [-0.4, -0.2) is 51.9 Å². The molecule has 1 aromatic heterocycles. The number of carbonyl (C=O) groups is 3. The molecular formula is C15H21N3O4S. The Labute approximate surface area is 138 Å². The SMILES string of the molecule is CC1CCCN1C(=O)c1csc(C(=O)NCC(C)(C)C(=O)O)n1. The maximum absolute atomic E-state index is 12.4. The minimum absolute atomic E-state index is 0.00676. The van der Waals surface area contributed by atoms with E-state index in [4.69, 9.17) is 5.11 Å². The van der Waals surface area contributed by atoms with E-state index in [-0.39, 0.29) is 29.2 Å². The van der Waals surface area contributed by atoms with Crippen molar-refractivity contribution < 1.29 is 19.5 Å². The number of rotatable bonds is 5. The summed E-state index contributed by atoms with van der Waals surface area (Å²) in [6.07, 6.45) is 1.96. The lowest BCUT2D eigenvalue weighted by molar-refractivity contribution is -0.146. The lowest BCUT2D eigenvalue weighted by Gasteiger charge is -2.20. The Morgan fingerprint density at radius 1 is 1.48 bits per heavy atom. The van der Waals surface area contributed by atoms with Crippen molar-refractivity contribution >= 4 is 29.1 Å². The van der Waals surface area contributed by atoms with Crippen LogP contribution in [0.2, 0.25) is 0 Å². The van der Waals surface area contributed by atoms with Gasteiger partial charge in [0.05, 0.1) is 5.41 Å². The molecule has 2 N–H and O–H groups in total. The zero-order chi connectivity index (χ0) is 17.2. The number of carboxylic acids is 1. The Bertz CT molecular complexity index is 626. The Morgan fingerprint density at radius 3 is 2.74 bits per heavy atom. The molecule has 1 saturated heterocycles. The standard InChI is InChI=1S/C15H21N3O4S/c1-9-5-4-6-18(9)13(20)10-7-23-12(17-10)11(19)16-8-15(2,3)14(21)22/h7,9H,4-6,8H2,1-3H3,(H,16,19)(H,21,22). The van der Waals surface area contributed by atoms with Gasteiger partial charge in [0.25, 0.3) is 11.8 Å². The quantitative estimate of drug-likeness (QED) is 0.849. The molecule has 0 aliphatic carbocycles. The van der Waals surface area contributed by atoms with Crippen molar-refractivity contribution in [1.29, 1.82) is 0 Å². The number of aromatic nitrogens is 1. The van der Waals surface area contributed by atoms with E-state index in [1.54, 1.807) is 10.3 Å². The molecule has 1 aliphatic rings. The number of hydrogen-bond acceptors (Lipinski definition) is 5. The third kappa shape index (κ3) is 3.87. The van der Waals surface area contributed by atoms with E-state index in [0.29, 0.717) is 6.54 Å². The van der Waals surface area contributed by atoms with E-state index in [2.05, 4.69) is 10.3 Å².